The average molecular weight is 406 g/mol. The Morgan fingerprint density at radius 2 is 1.62 bits per heavy atom. The Morgan fingerprint density at radius 1 is 0.931 bits per heavy atom. The Balaban J connectivity index is 1.58. The molecule has 0 aliphatic carbocycles. The molecular formula is C22H16ClN3O3. The second kappa shape index (κ2) is 6.67. The summed E-state index contributed by atoms with van der Waals surface area (Å²) in [6.07, 6.45) is 5.15. The van der Waals surface area contributed by atoms with Crippen molar-refractivity contribution in [2.24, 2.45) is 16.9 Å². The molecule has 0 saturated carbocycles. The number of ketones is 1. The summed E-state index contributed by atoms with van der Waals surface area (Å²) in [5.41, 5.74) is 0.950. The lowest BCUT2D eigenvalue weighted by atomic mass is 9.86. The van der Waals surface area contributed by atoms with Gasteiger partial charge in [-0.15, -0.1) is 0 Å². The summed E-state index contributed by atoms with van der Waals surface area (Å²) in [5, 5.41) is 6.46. The fourth-order valence-corrected chi connectivity index (χ4v) is 4.58. The fraction of sp³-hybridized carbons (Fsp3) is 0.182. The molecule has 2 saturated heterocycles. The van der Waals surface area contributed by atoms with Gasteiger partial charge in [-0.05, 0) is 42.5 Å². The van der Waals surface area contributed by atoms with Gasteiger partial charge in [-0.2, -0.15) is 5.10 Å². The van der Waals surface area contributed by atoms with Gasteiger partial charge in [0.15, 0.2) is 5.78 Å². The van der Waals surface area contributed by atoms with E-state index in [1.54, 1.807) is 65.8 Å². The number of anilines is 1. The third-order valence-corrected chi connectivity index (χ3v) is 5.95. The van der Waals surface area contributed by atoms with E-state index < -0.39 is 23.9 Å². The first-order valence-electron chi connectivity index (χ1n) is 9.29. The van der Waals surface area contributed by atoms with Crippen molar-refractivity contribution < 1.29 is 14.4 Å². The standard InChI is InChI=1S/C22H16ClN3O3/c23-14-10-8-13(9-11-14)20(27)19-18-17(16-7-4-12-24-26(16)19)21(28)25(22(18)29)15-5-2-1-3-6-15/h1-12,16-19H/t16-,17+,18+,19-/m0/s1. The lowest BCUT2D eigenvalue weighted by Crippen LogP contribution is -2.46. The van der Waals surface area contributed by atoms with E-state index in [0.717, 1.165) is 0 Å². The maximum Gasteiger partial charge on any atom is 0.240 e. The summed E-state index contributed by atoms with van der Waals surface area (Å²) in [6.45, 7) is 0. The number of hydrogen-bond donors (Lipinski definition) is 0. The van der Waals surface area contributed by atoms with Crippen LogP contribution in [0, 0.1) is 11.8 Å². The molecule has 0 unspecified atom stereocenters. The van der Waals surface area contributed by atoms with Crippen LogP contribution in [0.5, 0.6) is 0 Å². The molecule has 2 amide bonds. The number of halogens is 1. The molecule has 0 aromatic heterocycles. The van der Waals surface area contributed by atoms with Gasteiger partial charge in [0.25, 0.3) is 0 Å². The van der Waals surface area contributed by atoms with Crippen molar-refractivity contribution in [3.63, 3.8) is 0 Å². The third-order valence-electron chi connectivity index (χ3n) is 5.70. The summed E-state index contributed by atoms with van der Waals surface area (Å²) in [4.78, 5) is 41.2. The largest absolute Gasteiger partial charge is 0.292 e. The van der Waals surface area contributed by atoms with Crippen LogP contribution >= 0.6 is 11.6 Å². The van der Waals surface area contributed by atoms with Crippen molar-refractivity contribution in [3.8, 4) is 0 Å². The van der Waals surface area contributed by atoms with Gasteiger partial charge in [0.1, 0.15) is 6.04 Å². The van der Waals surface area contributed by atoms with E-state index in [0.29, 0.717) is 16.3 Å². The van der Waals surface area contributed by atoms with Crippen molar-refractivity contribution in [2.45, 2.75) is 12.1 Å². The molecule has 3 heterocycles. The minimum Gasteiger partial charge on any atom is -0.292 e. The Hall–Kier alpha value is -3.25. The van der Waals surface area contributed by atoms with E-state index in [9.17, 15) is 14.4 Å². The molecule has 0 N–H and O–H groups in total. The van der Waals surface area contributed by atoms with Crippen molar-refractivity contribution in [1.29, 1.82) is 0 Å². The first kappa shape index (κ1) is 17.8. The van der Waals surface area contributed by atoms with Gasteiger partial charge in [0.05, 0.1) is 23.6 Å². The number of carbonyl (C=O) groups excluding carboxylic acids is 3. The van der Waals surface area contributed by atoms with Crippen molar-refractivity contribution in [1.82, 2.24) is 5.01 Å². The van der Waals surface area contributed by atoms with Gasteiger partial charge < -0.3 is 0 Å². The van der Waals surface area contributed by atoms with Gasteiger partial charge in [0, 0.05) is 16.8 Å². The van der Waals surface area contributed by atoms with Crippen LogP contribution in [0.15, 0.2) is 71.9 Å². The second-order valence-corrected chi connectivity index (χ2v) is 7.67. The summed E-state index contributed by atoms with van der Waals surface area (Å²) in [6, 6.07) is 14.1. The number of fused-ring (bicyclic) bond motifs is 3. The molecule has 6 nitrogen and oxygen atoms in total. The van der Waals surface area contributed by atoms with Crippen molar-refractivity contribution >= 4 is 41.1 Å². The number of hydrogen-bond acceptors (Lipinski definition) is 5. The number of allylic oxidation sites excluding steroid dienone is 1. The number of Topliss-reactive ketones (excluding diaryl/α,β-unsaturated/α-hetero) is 1. The van der Waals surface area contributed by atoms with Crippen molar-refractivity contribution in [2.75, 3.05) is 4.90 Å². The van der Waals surface area contributed by atoms with Gasteiger partial charge in [0.2, 0.25) is 11.8 Å². The zero-order valence-corrected chi connectivity index (χ0v) is 15.9. The SMILES string of the molecule is O=C(c1ccc(Cl)cc1)[C@@H]1[C@@H]2C(=O)N(c3ccccc3)C(=O)[C@@H]2[C@@H]2C=CC=NN12. The fourth-order valence-electron chi connectivity index (χ4n) is 4.45. The molecule has 2 aromatic carbocycles. The van der Waals surface area contributed by atoms with E-state index in [-0.39, 0.29) is 17.6 Å². The molecule has 5 rings (SSSR count). The van der Waals surface area contributed by atoms with Gasteiger partial charge in [-0.3, -0.25) is 19.4 Å². The van der Waals surface area contributed by atoms with E-state index in [2.05, 4.69) is 5.10 Å². The Kier molecular flexibility index (Phi) is 4.10. The molecule has 2 fully saturated rings. The Labute approximate surface area is 172 Å². The molecule has 144 valence electrons. The van der Waals surface area contributed by atoms with Crippen LogP contribution in [0.2, 0.25) is 5.02 Å². The molecule has 29 heavy (non-hydrogen) atoms. The summed E-state index contributed by atoms with van der Waals surface area (Å²) in [5.74, 6) is -2.36. The van der Waals surface area contributed by atoms with Crippen LogP contribution in [0.3, 0.4) is 0 Å². The Bertz CT molecular complexity index is 1060. The predicted octanol–water partition coefficient (Wildman–Crippen LogP) is 2.94. The van der Waals surface area contributed by atoms with Gasteiger partial charge in [-0.1, -0.05) is 35.9 Å². The number of hydrazone groups is 1. The number of benzene rings is 2. The number of amides is 2. The van der Waals surface area contributed by atoms with E-state index >= 15 is 0 Å². The van der Waals surface area contributed by atoms with Crippen molar-refractivity contribution in [3.05, 3.63) is 77.3 Å². The number of nitrogens with zero attached hydrogens (tertiary/aromatic N) is 3. The summed E-state index contributed by atoms with van der Waals surface area (Å²) < 4.78 is 0. The normalized spacial score (nSPS) is 27.3. The lowest BCUT2D eigenvalue weighted by molar-refractivity contribution is -0.123. The highest BCUT2D eigenvalue weighted by Gasteiger charge is 2.64. The summed E-state index contributed by atoms with van der Waals surface area (Å²) >= 11 is 5.95. The van der Waals surface area contributed by atoms with E-state index in [1.165, 1.54) is 4.90 Å². The van der Waals surface area contributed by atoms with Crippen LogP contribution < -0.4 is 4.90 Å². The van der Waals surface area contributed by atoms with Crippen LogP contribution in [0.25, 0.3) is 0 Å². The molecule has 2 aromatic rings. The second-order valence-electron chi connectivity index (χ2n) is 7.24. The number of imide groups is 1. The van der Waals surface area contributed by atoms with Crippen LogP contribution in [-0.4, -0.2) is 40.9 Å². The molecule has 3 aliphatic heterocycles. The van der Waals surface area contributed by atoms with Crippen LogP contribution in [-0.2, 0) is 9.59 Å². The number of carbonyl (C=O) groups is 3. The maximum absolute atomic E-state index is 13.4. The molecule has 7 heteroatoms. The van der Waals surface area contributed by atoms with E-state index in [4.69, 9.17) is 11.6 Å². The first-order chi connectivity index (χ1) is 14.1. The smallest absolute Gasteiger partial charge is 0.240 e. The van der Waals surface area contributed by atoms with E-state index in [1.807, 2.05) is 12.1 Å². The minimum absolute atomic E-state index is 0.248. The number of rotatable bonds is 3. The van der Waals surface area contributed by atoms with Gasteiger partial charge >= 0.3 is 0 Å². The first-order valence-corrected chi connectivity index (χ1v) is 9.67. The minimum atomic E-state index is -0.850. The van der Waals surface area contributed by atoms with Crippen LogP contribution in [0.4, 0.5) is 5.69 Å². The molecule has 3 aliphatic rings. The monoisotopic (exact) mass is 405 g/mol. The molecule has 0 spiro atoms. The number of para-hydroxylation sites is 1. The molecular weight excluding hydrogens is 390 g/mol. The van der Waals surface area contributed by atoms with Gasteiger partial charge in [-0.25, -0.2) is 4.90 Å². The highest BCUT2D eigenvalue weighted by Crippen LogP contribution is 2.46. The average Bonchev–Trinajstić information content (AvgIpc) is 3.22. The quantitative estimate of drug-likeness (QED) is 0.581. The predicted molar refractivity (Wildman–Crippen MR) is 109 cm³/mol. The highest BCUT2D eigenvalue weighted by molar-refractivity contribution is 6.30. The van der Waals surface area contributed by atoms with Crippen LogP contribution in [0.1, 0.15) is 10.4 Å². The molecule has 0 bridgehead atoms. The molecule has 0 radical (unpaired) electrons. The Morgan fingerprint density at radius 3 is 2.34 bits per heavy atom. The maximum atomic E-state index is 13.4. The summed E-state index contributed by atoms with van der Waals surface area (Å²) in [7, 11) is 0. The third kappa shape index (κ3) is 2.63. The lowest BCUT2D eigenvalue weighted by Gasteiger charge is -2.30. The topological polar surface area (TPSA) is 70.0 Å². The zero-order chi connectivity index (χ0) is 20.1. The highest BCUT2D eigenvalue weighted by atomic mass is 35.5. The zero-order valence-electron chi connectivity index (χ0n) is 15.2. The molecule has 4 atom stereocenters.